The van der Waals surface area contributed by atoms with Gasteiger partial charge >= 0.3 is 0 Å². The van der Waals surface area contributed by atoms with E-state index >= 15 is 0 Å². The fourth-order valence-electron chi connectivity index (χ4n) is 2.11. The predicted molar refractivity (Wildman–Crippen MR) is 57.6 cm³/mol. The first-order chi connectivity index (χ1) is 5.68. The molecule has 0 spiro atoms. The summed E-state index contributed by atoms with van der Waals surface area (Å²) >= 11 is 0. The molecule has 0 aliphatic rings. The second kappa shape index (κ2) is 4.26. The molecule has 1 heteroatoms. The fourth-order valence-corrected chi connectivity index (χ4v) is 2.11. The summed E-state index contributed by atoms with van der Waals surface area (Å²) in [6, 6.07) is 0. The molecule has 0 aromatic rings. The minimum Gasteiger partial charge on any atom is -0.299 e. The van der Waals surface area contributed by atoms with Crippen molar-refractivity contribution in [3.8, 4) is 0 Å². The topological polar surface area (TPSA) is 17.1 Å². The molecule has 1 atom stereocenters. The van der Waals surface area contributed by atoms with Gasteiger partial charge in [-0.2, -0.15) is 0 Å². The molecule has 0 aliphatic heterocycles. The minimum atomic E-state index is 0.0928. The maximum absolute atomic E-state index is 11.9. The summed E-state index contributed by atoms with van der Waals surface area (Å²) in [6.07, 6.45) is 0. The van der Waals surface area contributed by atoms with E-state index in [0.717, 1.165) is 0 Å². The first-order valence-electron chi connectivity index (χ1n) is 5.21. The molecule has 0 aliphatic carbocycles. The number of carbonyl (C=O) groups is 1. The third kappa shape index (κ3) is 3.50. The number of Topliss-reactive ketones (excluding diaryl/α,β-unsaturated/α-hetero) is 1. The SMILES string of the molecule is CC(C)C(=O)C(C(C)C)C(C)(C)C. The van der Waals surface area contributed by atoms with Crippen LogP contribution in [0.2, 0.25) is 0 Å². The minimum absolute atomic E-state index is 0.0928. The maximum Gasteiger partial charge on any atom is 0.139 e. The van der Waals surface area contributed by atoms with Gasteiger partial charge in [0.05, 0.1) is 0 Å². The smallest absolute Gasteiger partial charge is 0.139 e. The summed E-state index contributed by atoms with van der Waals surface area (Å²) in [5, 5.41) is 0. The Kier molecular flexibility index (Phi) is 4.15. The van der Waals surface area contributed by atoms with E-state index in [4.69, 9.17) is 0 Å². The molecule has 0 N–H and O–H groups in total. The van der Waals surface area contributed by atoms with Gasteiger partial charge in [0.2, 0.25) is 0 Å². The van der Waals surface area contributed by atoms with Crippen LogP contribution in [-0.2, 0) is 4.79 Å². The first kappa shape index (κ1) is 12.7. The Bertz CT molecular complexity index is 172. The van der Waals surface area contributed by atoms with Crippen molar-refractivity contribution in [1.29, 1.82) is 0 Å². The van der Waals surface area contributed by atoms with Crippen LogP contribution < -0.4 is 0 Å². The van der Waals surface area contributed by atoms with E-state index < -0.39 is 0 Å². The standard InChI is InChI=1S/C12H24O/c1-8(2)10(12(5,6)7)11(13)9(3)4/h8-10H,1-7H3. The molecule has 0 fully saturated rings. The van der Waals surface area contributed by atoms with E-state index in [2.05, 4.69) is 34.6 Å². The lowest BCUT2D eigenvalue weighted by molar-refractivity contribution is -0.131. The van der Waals surface area contributed by atoms with E-state index in [0.29, 0.717) is 11.7 Å². The van der Waals surface area contributed by atoms with E-state index in [-0.39, 0.29) is 17.3 Å². The van der Waals surface area contributed by atoms with Crippen molar-refractivity contribution in [3.05, 3.63) is 0 Å². The second-order valence-corrected chi connectivity index (χ2v) is 5.64. The van der Waals surface area contributed by atoms with Crippen molar-refractivity contribution < 1.29 is 4.79 Å². The van der Waals surface area contributed by atoms with E-state index in [9.17, 15) is 4.79 Å². The van der Waals surface area contributed by atoms with Gasteiger partial charge in [-0.3, -0.25) is 4.79 Å². The summed E-state index contributed by atoms with van der Waals surface area (Å²) in [4.78, 5) is 11.9. The van der Waals surface area contributed by atoms with Gasteiger partial charge in [-0.15, -0.1) is 0 Å². The molecule has 0 rings (SSSR count). The highest BCUT2D eigenvalue weighted by Gasteiger charge is 2.34. The normalized spacial score (nSPS) is 15.2. The number of hydrogen-bond acceptors (Lipinski definition) is 1. The lowest BCUT2D eigenvalue weighted by atomic mass is 9.70. The van der Waals surface area contributed by atoms with Crippen molar-refractivity contribution in [2.24, 2.45) is 23.2 Å². The van der Waals surface area contributed by atoms with Crippen LogP contribution in [0.5, 0.6) is 0 Å². The zero-order valence-corrected chi connectivity index (χ0v) is 10.1. The maximum atomic E-state index is 11.9. The third-order valence-corrected chi connectivity index (χ3v) is 2.48. The van der Waals surface area contributed by atoms with Crippen LogP contribution in [0.15, 0.2) is 0 Å². The summed E-state index contributed by atoms with van der Waals surface area (Å²) in [7, 11) is 0. The van der Waals surface area contributed by atoms with Crippen molar-refractivity contribution in [2.45, 2.75) is 48.5 Å². The molecule has 1 nitrogen and oxygen atoms in total. The van der Waals surface area contributed by atoms with Gasteiger partial charge in [-0.05, 0) is 11.3 Å². The van der Waals surface area contributed by atoms with Crippen molar-refractivity contribution in [3.63, 3.8) is 0 Å². The average Bonchev–Trinajstić information content (AvgIpc) is 1.82. The Labute approximate surface area is 82.9 Å². The first-order valence-corrected chi connectivity index (χ1v) is 5.21. The molecule has 0 saturated carbocycles. The lowest BCUT2D eigenvalue weighted by Crippen LogP contribution is -2.35. The molecule has 0 aromatic carbocycles. The Hall–Kier alpha value is -0.330. The summed E-state index contributed by atoms with van der Waals surface area (Å²) in [5.41, 5.74) is 0.0928. The van der Waals surface area contributed by atoms with Crippen molar-refractivity contribution in [1.82, 2.24) is 0 Å². The molecule has 1 unspecified atom stereocenters. The van der Waals surface area contributed by atoms with E-state index in [1.54, 1.807) is 0 Å². The van der Waals surface area contributed by atoms with Gasteiger partial charge in [0.1, 0.15) is 5.78 Å². The van der Waals surface area contributed by atoms with Crippen LogP contribution in [0.1, 0.15) is 48.5 Å². The average molecular weight is 184 g/mol. The highest BCUT2D eigenvalue weighted by atomic mass is 16.1. The highest BCUT2D eigenvalue weighted by Crippen LogP contribution is 2.34. The van der Waals surface area contributed by atoms with E-state index in [1.807, 2.05) is 13.8 Å². The van der Waals surface area contributed by atoms with Crippen LogP contribution in [0, 0.1) is 23.2 Å². The van der Waals surface area contributed by atoms with Gasteiger partial charge in [-0.25, -0.2) is 0 Å². The van der Waals surface area contributed by atoms with Gasteiger partial charge in [0, 0.05) is 11.8 Å². The molecular formula is C12H24O. The van der Waals surface area contributed by atoms with Crippen LogP contribution in [0.4, 0.5) is 0 Å². The summed E-state index contributed by atoms with van der Waals surface area (Å²) < 4.78 is 0. The van der Waals surface area contributed by atoms with Crippen LogP contribution in [0.25, 0.3) is 0 Å². The van der Waals surface area contributed by atoms with Crippen LogP contribution in [-0.4, -0.2) is 5.78 Å². The Morgan fingerprint density at radius 1 is 1.00 bits per heavy atom. The molecule has 78 valence electrons. The molecule has 0 radical (unpaired) electrons. The number of carbonyl (C=O) groups excluding carboxylic acids is 1. The number of rotatable bonds is 3. The second-order valence-electron chi connectivity index (χ2n) is 5.64. The molecule has 13 heavy (non-hydrogen) atoms. The van der Waals surface area contributed by atoms with Crippen LogP contribution >= 0.6 is 0 Å². The molecule has 0 bridgehead atoms. The van der Waals surface area contributed by atoms with Crippen LogP contribution in [0.3, 0.4) is 0 Å². The summed E-state index contributed by atoms with van der Waals surface area (Å²) in [6.45, 7) is 14.7. The Morgan fingerprint density at radius 2 is 1.38 bits per heavy atom. The summed E-state index contributed by atoms with van der Waals surface area (Å²) in [5.74, 6) is 1.19. The monoisotopic (exact) mass is 184 g/mol. The highest BCUT2D eigenvalue weighted by molar-refractivity contribution is 5.83. The predicted octanol–water partition coefficient (Wildman–Crippen LogP) is 3.53. The molecule has 0 heterocycles. The number of ketones is 1. The van der Waals surface area contributed by atoms with Gasteiger partial charge in [-0.1, -0.05) is 48.5 Å². The quantitative estimate of drug-likeness (QED) is 0.655. The molecule has 0 aromatic heterocycles. The zero-order chi connectivity index (χ0) is 10.8. The number of hydrogen-bond donors (Lipinski definition) is 0. The van der Waals surface area contributed by atoms with Gasteiger partial charge in [0.25, 0.3) is 0 Å². The Morgan fingerprint density at radius 3 is 1.46 bits per heavy atom. The third-order valence-electron chi connectivity index (χ3n) is 2.48. The fraction of sp³-hybridized carbons (Fsp3) is 0.917. The van der Waals surface area contributed by atoms with Gasteiger partial charge < -0.3 is 0 Å². The zero-order valence-electron chi connectivity index (χ0n) is 10.1. The van der Waals surface area contributed by atoms with Gasteiger partial charge in [0.15, 0.2) is 0 Å². The van der Waals surface area contributed by atoms with Crippen molar-refractivity contribution >= 4 is 5.78 Å². The molecular weight excluding hydrogens is 160 g/mol. The molecule has 0 amide bonds. The largest absolute Gasteiger partial charge is 0.299 e. The lowest BCUT2D eigenvalue weighted by Gasteiger charge is -2.33. The van der Waals surface area contributed by atoms with Crippen molar-refractivity contribution in [2.75, 3.05) is 0 Å². The van der Waals surface area contributed by atoms with E-state index in [1.165, 1.54) is 0 Å². The Balaban J connectivity index is 4.73. The molecule has 0 saturated heterocycles.